The van der Waals surface area contributed by atoms with Crippen molar-refractivity contribution in [3.05, 3.63) is 51.9 Å². The number of nitrogens with one attached hydrogen (secondary N) is 2. The van der Waals surface area contributed by atoms with Crippen molar-refractivity contribution in [3.63, 3.8) is 0 Å². The topological polar surface area (TPSA) is 113 Å². The number of amides is 1. The van der Waals surface area contributed by atoms with Gasteiger partial charge in [-0.3, -0.25) is 14.2 Å². The van der Waals surface area contributed by atoms with Gasteiger partial charge in [0, 0.05) is 38.3 Å². The van der Waals surface area contributed by atoms with E-state index in [0.717, 1.165) is 55.5 Å². The average Bonchev–Trinajstić information content (AvgIpc) is 3.22. The molecule has 1 aliphatic carbocycles. The van der Waals surface area contributed by atoms with Crippen LogP contribution in [0.1, 0.15) is 58.5 Å². The van der Waals surface area contributed by atoms with Crippen LogP contribution in [0.15, 0.2) is 35.3 Å². The van der Waals surface area contributed by atoms with Crippen molar-refractivity contribution in [2.45, 2.75) is 51.0 Å². The number of hydrogen-bond acceptors (Lipinski definition) is 6. The molecule has 3 heterocycles. The van der Waals surface area contributed by atoms with Gasteiger partial charge >= 0.3 is 0 Å². The van der Waals surface area contributed by atoms with Crippen LogP contribution in [0.5, 0.6) is 0 Å². The SMILES string of the molecule is N#Cc1cc2cnc(Nc3ccc4c(c3)CCCC(=O)N4)nc2n(C2CCCC2)c1=O.[HH].[HH]. The number of benzene rings is 1. The van der Waals surface area contributed by atoms with E-state index >= 15 is 0 Å². The normalized spacial score (nSPS) is 16.4. The summed E-state index contributed by atoms with van der Waals surface area (Å²) in [5.41, 5.74) is 3.11. The van der Waals surface area contributed by atoms with Gasteiger partial charge in [0.2, 0.25) is 11.9 Å². The van der Waals surface area contributed by atoms with Gasteiger partial charge in [-0.05, 0) is 55.5 Å². The van der Waals surface area contributed by atoms with Gasteiger partial charge in [-0.25, -0.2) is 4.98 Å². The Bertz CT molecular complexity index is 1290. The molecule has 0 unspecified atom stereocenters. The molecular weight excluding hydrogens is 392 g/mol. The molecule has 1 amide bonds. The summed E-state index contributed by atoms with van der Waals surface area (Å²) in [4.78, 5) is 33.7. The summed E-state index contributed by atoms with van der Waals surface area (Å²) >= 11 is 0. The molecule has 0 bridgehead atoms. The summed E-state index contributed by atoms with van der Waals surface area (Å²) in [5.74, 6) is 0.430. The first-order chi connectivity index (χ1) is 15.1. The van der Waals surface area contributed by atoms with Crippen molar-refractivity contribution >= 4 is 34.3 Å². The molecule has 1 aliphatic heterocycles. The zero-order chi connectivity index (χ0) is 21.4. The molecule has 3 aromatic rings. The lowest BCUT2D eigenvalue weighted by atomic mass is 10.1. The molecule has 0 radical (unpaired) electrons. The summed E-state index contributed by atoms with van der Waals surface area (Å²) in [5, 5.41) is 16.2. The average molecular weight is 419 g/mol. The Morgan fingerprint density at radius 1 is 1.16 bits per heavy atom. The molecule has 8 heteroatoms. The molecule has 2 aliphatic rings. The smallest absolute Gasteiger partial charge is 0.270 e. The quantitative estimate of drug-likeness (QED) is 0.656. The van der Waals surface area contributed by atoms with E-state index in [9.17, 15) is 14.9 Å². The van der Waals surface area contributed by atoms with Crippen molar-refractivity contribution in [2.75, 3.05) is 10.6 Å². The van der Waals surface area contributed by atoms with Crippen LogP contribution < -0.4 is 16.2 Å². The minimum absolute atomic E-state index is 0. The maximum Gasteiger partial charge on any atom is 0.270 e. The number of aromatic nitrogens is 3. The molecule has 0 atom stereocenters. The molecular formula is C23H26N6O2. The number of carbonyl (C=O) groups is 1. The molecule has 2 aromatic heterocycles. The van der Waals surface area contributed by atoms with E-state index in [2.05, 4.69) is 20.6 Å². The highest BCUT2D eigenvalue weighted by molar-refractivity contribution is 5.92. The number of pyridine rings is 1. The van der Waals surface area contributed by atoms with E-state index in [1.165, 1.54) is 0 Å². The maximum absolute atomic E-state index is 12.9. The first kappa shape index (κ1) is 19.2. The highest BCUT2D eigenvalue weighted by atomic mass is 16.1. The number of rotatable bonds is 3. The second-order valence-electron chi connectivity index (χ2n) is 8.15. The standard InChI is InChI=1S/C23H22N6O2.2H2/c24-12-15-10-16-13-25-23(28-21(16)29(22(15)31)18-5-1-2-6-18)26-17-8-9-19-14(11-17)4-3-7-20(30)27-19;;/h8-11,13,18H,1-7H2,(H,27,30)(H,25,26,28);2*1H. The van der Waals surface area contributed by atoms with Gasteiger partial charge < -0.3 is 10.6 Å². The van der Waals surface area contributed by atoms with E-state index in [-0.39, 0.29) is 25.9 Å². The fraction of sp³-hybridized carbons (Fsp3) is 0.348. The van der Waals surface area contributed by atoms with Crippen LogP contribution in [0.3, 0.4) is 0 Å². The molecule has 160 valence electrons. The van der Waals surface area contributed by atoms with Crippen molar-refractivity contribution < 1.29 is 7.65 Å². The Kier molecular flexibility index (Phi) is 4.86. The molecule has 8 nitrogen and oxygen atoms in total. The summed E-state index contributed by atoms with van der Waals surface area (Å²) in [7, 11) is 0. The lowest BCUT2D eigenvalue weighted by Gasteiger charge is -2.17. The first-order valence-corrected chi connectivity index (χ1v) is 10.6. The number of fused-ring (bicyclic) bond motifs is 2. The summed E-state index contributed by atoms with van der Waals surface area (Å²) < 4.78 is 1.68. The monoisotopic (exact) mass is 418 g/mol. The summed E-state index contributed by atoms with van der Waals surface area (Å²) in [6.07, 6.45) is 7.76. The Morgan fingerprint density at radius 2 is 2.00 bits per heavy atom. The lowest BCUT2D eigenvalue weighted by molar-refractivity contribution is -0.116. The van der Waals surface area contributed by atoms with Crippen molar-refractivity contribution in [1.29, 1.82) is 5.26 Å². The first-order valence-electron chi connectivity index (χ1n) is 10.6. The fourth-order valence-electron chi connectivity index (χ4n) is 4.54. The predicted octanol–water partition coefficient (Wildman–Crippen LogP) is 4.29. The van der Waals surface area contributed by atoms with Gasteiger partial charge in [0.15, 0.2) is 0 Å². The van der Waals surface area contributed by atoms with Crippen LogP contribution in [-0.2, 0) is 11.2 Å². The van der Waals surface area contributed by atoms with Crippen LogP contribution in [0.25, 0.3) is 11.0 Å². The van der Waals surface area contributed by atoms with Gasteiger partial charge in [0.1, 0.15) is 17.3 Å². The van der Waals surface area contributed by atoms with Crippen LogP contribution in [0.4, 0.5) is 17.3 Å². The zero-order valence-electron chi connectivity index (χ0n) is 17.0. The van der Waals surface area contributed by atoms with Crippen LogP contribution in [0.2, 0.25) is 0 Å². The van der Waals surface area contributed by atoms with Gasteiger partial charge in [-0.1, -0.05) is 12.8 Å². The number of aryl methyl sites for hydroxylation is 1. The Hall–Kier alpha value is -3.73. The van der Waals surface area contributed by atoms with Gasteiger partial charge in [0.05, 0.1) is 0 Å². The number of carbonyl (C=O) groups excluding carboxylic acids is 1. The fourth-order valence-corrected chi connectivity index (χ4v) is 4.54. The molecule has 2 N–H and O–H groups in total. The molecule has 1 saturated carbocycles. The highest BCUT2D eigenvalue weighted by Gasteiger charge is 2.23. The second-order valence-corrected chi connectivity index (χ2v) is 8.15. The van der Waals surface area contributed by atoms with E-state index < -0.39 is 0 Å². The second kappa shape index (κ2) is 7.84. The van der Waals surface area contributed by atoms with Gasteiger partial charge in [-0.15, -0.1) is 0 Å². The Balaban J connectivity index is 0.00000153. The van der Waals surface area contributed by atoms with E-state index in [0.29, 0.717) is 23.4 Å². The zero-order valence-corrected chi connectivity index (χ0v) is 17.0. The number of anilines is 3. The molecule has 1 aromatic carbocycles. The van der Waals surface area contributed by atoms with Gasteiger partial charge in [-0.2, -0.15) is 10.2 Å². The third kappa shape index (κ3) is 3.63. The predicted molar refractivity (Wildman–Crippen MR) is 122 cm³/mol. The minimum Gasteiger partial charge on any atom is -0.326 e. The van der Waals surface area contributed by atoms with Gasteiger partial charge in [0.25, 0.3) is 5.56 Å². The lowest BCUT2D eigenvalue weighted by Crippen LogP contribution is -2.26. The number of nitriles is 1. The third-order valence-electron chi connectivity index (χ3n) is 6.07. The molecule has 0 spiro atoms. The van der Waals surface area contributed by atoms with E-state index in [1.54, 1.807) is 16.8 Å². The van der Waals surface area contributed by atoms with E-state index in [1.807, 2.05) is 24.3 Å². The van der Waals surface area contributed by atoms with Crippen molar-refractivity contribution in [3.8, 4) is 6.07 Å². The molecule has 5 rings (SSSR count). The largest absolute Gasteiger partial charge is 0.326 e. The molecule has 0 saturated heterocycles. The molecule has 1 fully saturated rings. The van der Waals surface area contributed by atoms with E-state index in [4.69, 9.17) is 0 Å². The number of hydrogen-bond donors (Lipinski definition) is 2. The Labute approximate surface area is 181 Å². The van der Waals surface area contributed by atoms with Crippen LogP contribution in [-0.4, -0.2) is 20.4 Å². The summed E-state index contributed by atoms with van der Waals surface area (Å²) in [6, 6.07) is 9.39. The summed E-state index contributed by atoms with van der Waals surface area (Å²) in [6.45, 7) is 0. The number of nitrogens with zero attached hydrogens (tertiary/aromatic N) is 4. The maximum atomic E-state index is 12.9. The van der Waals surface area contributed by atoms with Crippen LogP contribution in [0, 0.1) is 11.3 Å². The van der Waals surface area contributed by atoms with Crippen molar-refractivity contribution in [1.82, 2.24) is 14.5 Å². The highest BCUT2D eigenvalue weighted by Crippen LogP contribution is 2.31. The van der Waals surface area contributed by atoms with Crippen molar-refractivity contribution in [2.24, 2.45) is 0 Å². The van der Waals surface area contributed by atoms with Crippen LogP contribution >= 0.6 is 0 Å². The molecule has 31 heavy (non-hydrogen) atoms. The minimum atomic E-state index is -0.285. The Morgan fingerprint density at radius 3 is 2.81 bits per heavy atom. The third-order valence-corrected chi connectivity index (χ3v) is 6.07.